The monoisotopic (exact) mass is 657 g/mol. The number of rotatable bonds is 9. The second kappa shape index (κ2) is 14.0. The van der Waals surface area contributed by atoms with Crippen molar-refractivity contribution in [2.75, 3.05) is 17.2 Å². The van der Waals surface area contributed by atoms with Gasteiger partial charge in [0.2, 0.25) is 0 Å². The van der Waals surface area contributed by atoms with Crippen molar-refractivity contribution in [3.05, 3.63) is 94.0 Å². The molecular formula is C27H22BrF2N7O2S2. The summed E-state index contributed by atoms with van der Waals surface area (Å²) in [4.78, 5) is 26.7. The lowest BCUT2D eigenvalue weighted by Gasteiger charge is -2.13. The summed E-state index contributed by atoms with van der Waals surface area (Å²) >= 11 is 13.8. The molecule has 3 aromatic carbocycles. The molecule has 4 rings (SSSR count). The van der Waals surface area contributed by atoms with Crippen LogP contribution in [0.2, 0.25) is 0 Å². The van der Waals surface area contributed by atoms with Gasteiger partial charge >= 0.3 is 0 Å². The van der Waals surface area contributed by atoms with Crippen LogP contribution in [0.3, 0.4) is 0 Å². The van der Waals surface area contributed by atoms with Crippen LogP contribution in [0.25, 0.3) is 0 Å². The molecule has 1 aliphatic rings. The van der Waals surface area contributed by atoms with E-state index in [0.29, 0.717) is 45.5 Å². The SMILES string of the molecule is O=C1c2ccc(Br)cc2C(=O)N1CCCC(/C=N/NC(=S)Nc1ccc(F)cc1)=N\NC(=S)Nc1ccc(F)cc1. The highest BCUT2D eigenvalue weighted by Crippen LogP contribution is 2.26. The normalized spacial score (nSPS) is 12.9. The minimum atomic E-state index is -0.379. The molecule has 210 valence electrons. The van der Waals surface area contributed by atoms with Crippen molar-refractivity contribution in [2.45, 2.75) is 12.8 Å². The molecular weight excluding hydrogens is 636 g/mol. The van der Waals surface area contributed by atoms with E-state index in [1.165, 1.54) is 59.6 Å². The predicted octanol–water partition coefficient (Wildman–Crippen LogP) is 5.42. The van der Waals surface area contributed by atoms with Crippen LogP contribution in [-0.2, 0) is 0 Å². The van der Waals surface area contributed by atoms with Crippen LogP contribution in [0.5, 0.6) is 0 Å². The van der Waals surface area contributed by atoms with Crippen LogP contribution >= 0.6 is 40.4 Å². The standard InChI is InChI=1S/C27H22BrF2N7O2S2/c28-16-3-12-22-23(14-16)25(39)37(24(22)38)13-1-2-21(34-36-27(41)33-20-10-6-18(30)7-11-20)15-31-35-26(40)32-19-8-4-17(29)5-9-19/h3-12,14-15H,1-2,13H2,(H2,32,35,40)(H2,33,36,41)/b31-15+,34-21+. The number of thiocarbonyl (C=S) groups is 2. The Kier molecular flexibility index (Phi) is 10.2. The van der Waals surface area contributed by atoms with Crippen LogP contribution in [0, 0.1) is 11.6 Å². The van der Waals surface area contributed by atoms with E-state index in [1.807, 2.05) is 0 Å². The van der Waals surface area contributed by atoms with Crippen LogP contribution < -0.4 is 21.5 Å². The zero-order chi connectivity index (χ0) is 29.4. The maximum absolute atomic E-state index is 13.2. The van der Waals surface area contributed by atoms with Gasteiger partial charge < -0.3 is 10.6 Å². The largest absolute Gasteiger partial charge is 0.331 e. The van der Waals surface area contributed by atoms with Crippen molar-refractivity contribution in [1.29, 1.82) is 0 Å². The third kappa shape index (κ3) is 8.42. The topological polar surface area (TPSA) is 110 Å². The van der Waals surface area contributed by atoms with Crippen LogP contribution in [0.4, 0.5) is 20.2 Å². The Balaban J connectivity index is 1.37. The zero-order valence-electron chi connectivity index (χ0n) is 21.2. The molecule has 0 aliphatic carbocycles. The molecule has 9 nitrogen and oxygen atoms in total. The fourth-order valence-corrected chi connectivity index (χ4v) is 4.40. The van der Waals surface area contributed by atoms with Gasteiger partial charge in [-0.05, 0) is 104 Å². The minimum absolute atomic E-state index is 0.148. The summed E-state index contributed by atoms with van der Waals surface area (Å²) in [5, 5.41) is 14.4. The molecule has 14 heteroatoms. The van der Waals surface area contributed by atoms with Gasteiger partial charge in [0.15, 0.2) is 10.2 Å². The van der Waals surface area contributed by atoms with Gasteiger partial charge in [-0.25, -0.2) is 8.78 Å². The zero-order valence-corrected chi connectivity index (χ0v) is 24.4. The second-order valence-corrected chi connectivity index (χ2v) is 10.3. The smallest absolute Gasteiger partial charge is 0.261 e. The van der Waals surface area contributed by atoms with Crippen molar-refractivity contribution < 1.29 is 18.4 Å². The van der Waals surface area contributed by atoms with Gasteiger partial charge in [0.05, 0.1) is 23.1 Å². The third-order valence-electron chi connectivity index (χ3n) is 5.63. The molecule has 0 radical (unpaired) electrons. The molecule has 4 N–H and O–H groups in total. The Bertz CT molecular complexity index is 1530. The first kappa shape index (κ1) is 29.8. The lowest BCUT2D eigenvalue weighted by molar-refractivity contribution is 0.0653. The van der Waals surface area contributed by atoms with Crippen molar-refractivity contribution in [2.24, 2.45) is 10.2 Å². The van der Waals surface area contributed by atoms with Gasteiger partial charge in [-0.15, -0.1) is 0 Å². The van der Waals surface area contributed by atoms with E-state index in [9.17, 15) is 18.4 Å². The van der Waals surface area contributed by atoms with Gasteiger partial charge in [-0.2, -0.15) is 10.2 Å². The van der Waals surface area contributed by atoms with Crippen molar-refractivity contribution >= 4 is 85.7 Å². The summed E-state index contributed by atoms with van der Waals surface area (Å²) in [6.45, 7) is 0.160. The summed E-state index contributed by atoms with van der Waals surface area (Å²) in [5.74, 6) is -1.47. The predicted molar refractivity (Wildman–Crippen MR) is 166 cm³/mol. The number of halogens is 3. The number of nitrogens with zero attached hydrogens (tertiary/aromatic N) is 3. The number of benzene rings is 3. The molecule has 0 bridgehead atoms. The van der Waals surface area contributed by atoms with Crippen LogP contribution in [-0.4, -0.2) is 45.4 Å². The molecule has 0 unspecified atom stereocenters. The number of amides is 2. The van der Waals surface area contributed by atoms with E-state index < -0.39 is 0 Å². The van der Waals surface area contributed by atoms with Gasteiger partial charge in [-0.1, -0.05) is 15.9 Å². The Morgan fingerprint density at radius 2 is 1.39 bits per heavy atom. The second-order valence-electron chi connectivity index (χ2n) is 8.56. The van der Waals surface area contributed by atoms with Gasteiger partial charge in [-0.3, -0.25) is 25.3 Å². The highest BCUT2D eigenvalue weighted by molar-refractivity contribution is 9.10. The number of carbonyl (C=O) groups excluding carboxylic acids is 2. The van der Waals surface area contributed by atoms with Crippen molar-refractivity contribution in [3.63, 3.8) is 0 Å². The Morgan fingerprint density at radius 1 is 0.829 bits per heavy atom. The molecule has 0 saturated carbocycles. The van der Waals surface area contributed by atoms with Crippen molar-refractivity contribution in [3.8, 4) is 0 Å². The first-order valence-electron chi connectivity index (χ1n) is 12.1. The number of fused-ring (bicyclic) bond motifs is 1. The van der Waals surface area contributed by atoms with Gasteiger partial charge in [0, 0.05) is 22.4 Å². The Labute approximate surface area is 253 Å². The Hall–Kier alpha value is -4.14. The summed E-state index contributed by atoms with van der Waals surface area (Å²) in [5.41, 5.74) is 7.62. The molecule has 0 atom stereocenters. The van der Waals surface area contributed by atoms with Crippen LogP contribution in [0.15, 0.2) is 81.4 Å². The first-order valence-corrected chi connectivity index (χ1v) is 13.7. The molecule has 1 aliphatic heterocycles. The summed E-state index contributed by atoms with van der Waals surface area (Å²) in [7, 11) is 0. The lowest BCUT2D eigenvalue weighted by atomic mass is 10.1. The summed E-state index contributed by atoms with van der Waals surface area (Å²) in [6.07, 6.45) is 2.10. The fraction of sp³-hybridized carbons (Fsp3) is 0.111. The molecule has 0 aromatic heterocycles. The first-order chi connectivity index (χ1) is 19.7. The van der Waals surface area contributed by atoms with E-state index in [4.69, 9.17) is 24.4 Å². The van der Waals surface area contributed by atoms with E-state index >= 15 is 0 Å². The third-order valence-corrected chi connectivity index (χ3v) is 6.51. The molecule has 0 fully saturated rings. The number of nitrogens with one attached hydrogen (secondary N) is 4. The number of hydrogen-bond donors (Lipinski definition) is 4. The van der Waals surface area contributed by atoms with Crippen molar-refractivity contribution in [1.82, 2.24) is 15.8 Å². The van der Waals surface area contributed by atoms with E-state index in [1.54, 1.807) is 18.2 Å². The quantitative estimate of drug-likeness (QED) is 0.105. The summed E-state index contributed by atoms with van der Waals surface area (Å²) in [6, 6.07) is 16.2. The number of hydrazone groups is 2. The highest BCUT2D eigenvalue weighted by atomic mass is 79.9. The van der Waals surface area contributed by atoms with E-state index in [0.717, 1.165) is 0 Å². The highest BCUT2D eigenvalue weighted by Gasteiger charge is 2.35. The van der Waals surface area contributed by atoms with E-state index in [2.05, 4.69) is 47.6 Å². The number of hydrogen-bond acceptors (Lipinski definition) is 6. The van der Waals surface area contributed by atoms with Gasteiger partial charge in [0.1, 0.15) is 11.6 Å². The maximum Gasteiger partial charge on any atom is 0.261 e. The maximum atomic E-state index is 13.2. The summed E-state index contributed by atoms with van der Waals surface area (Å²) < 4.78 is 27.0. The average Bonchev–Trinajstić information content (AvgIpc) is 3.18. The minimum Gasteiger partial charge on any atom is -0.331 e. The van der Waals surface area contributed by atoms with E-state index in [-0.39, 0.29) is 40.2 Å². The number of carbonyl (C=O) groups is 2. The average molecular weight is 659 g/mol. The number of anilines is 2. The van der Waals surface area contributed by atoms with Crippen LogP contribution in [0.1, 0.15) is 33.6 Å². The molecule has 0 saturated heterocycles. The number of imide groups is 1. The lowest BCUT2D eigenvalue weighted by Crippen LogP contribution is -2.31. The molecule has 0 spiro atoms. The Morgan fingerprint density at radius 3 is 2.00 bits per heavy atom. The van der Waals surface area contributed by atoms with Gasteiger partial charge in [0.25, 0.3) is 11.8 Å². The fourth-order valence-electron chi connectivity index (χ4n) is 3.71. The molecule has 2 amide bonds. The molecule has 41 heavy (non-hydrogen) atoms. The molecule has 3 aromatic rings. The molecule has 1 heterocycles.